The van der Waals surface area contributed by atoms with Crippen LogP contribution in [0, 0.1) is 6.07 Å². The van der Waals surface area contributed by atoms with Crippen LogP contribution in [-0.2, 0) is 0 Å². The number of pyridine rings is 1. The Morgan fingerprint density at radius 2 is 2.33 bits per heavy atom. The summed E-state index contributed by atoms with van der Waals surface area (Å²) < 4.78 is 0. The van der Waals surface area contributed by atoms with Crippen molar-refractivity contribution < 1.29 is 0 Å². The summed E-state index contributed by atoms with van der Waals surface area (Å²) in [6.45, 7) is 0. The van der Waals surface area contributed by atoms with Gasteiger partial charge in [0.15, 0.2) is 0 Å². The average Bonchev–Trinajstić information content (AvgIpc) is 2.01. The molecule has 0 atom stereocenters. The minimum Gasteiger partial charge on any atom is -0.383 e. The van der Waals surface area contributed by atoms with Gasteiger partial charge in [-0.25, -0.2) is 0 Å². The fraction of sp³-hybridized carbons (Fsp3) is 0.222. The third kappa shape index (κ3) is 2.62. The summed E-state index contributed by atoms with van der Waals surface area (Å²) in [5.41, 5.74) is 0.586. The summed E-state index contributed by atoms with van der Waals surface area (Å²) in [6, 6.07) is 5.94. The van der Waals surface area contributed by atoms with Crippen LogP contribution in [0.4, 0.5) is 0 Å². The molecule has 63 valence electrons. The van der Waals surface area contributed by atoms with Gasteiger partial charge in [0.2, 0.25) is 5.56 Å². The zero-order valence-corrected chi connectivity index (χ0v) is 7.16. The predicted octanol–water partition coefficient (Wildman–Crippen LogP) is 0.707. The van der Waals surface area contributed by atoms with E-state index in [0.717, 1.165) is 0 Å². The molecule has 1 heterocycles. The van der Waals surface area contributed by atoms with Crippen molar-refractivity contribution in [3.05, 3.63) is 40.4 Å². The van der Waals surface area contributed by atoms with Crippen molar-refractivity contribution in [3.8, 4) is 0 Å². The lowest BCUT2D eigenvalue weighted by Gasteiger charge is -2.02. The van der Waals surface area contributed by atoms with Gasteiger partial charge in [-0.3, -0.25) is 4.79 Å². The lowest BCUT2D eigenvalue weighted by molar-refractivity contribution is 0.567. The number of rotatable bonds is 2. The summed E-state index contributed by atoms with van der Waals surface area (Å²) in [6.07, 6.45) is 3.64. The topological polar surface area (TPSA) is 36.1 Å². The molecule has 0 aromatic carbocycles. The molecule has 0 saturated carbocycles. The lowest BCUT2D eigenvalue weighted by atomic mass is 10.3. The van der Waals surface area contributed by atoms with Gasteiger partial charge in [0.1, 0.15) is 0 Å². The van der Waals surface area contributed by atoms with Crippen molar-refractivity contribution in [1.29, 1.82) is 0 Å². The first kappa shape index (κ1) is 8.59. The maximum atomic E-state index is 10.8. The van der Waals surface area contributed by atoms with Gasteiger partial charge in [0.05, 0.1) is 5.69 Å². The van der Waals surface area contributed by atoms with E-state index in [9.17, 15) is 4.79 Å². The van der Waals surface area contributed by atoms with Crippen LogP contribution in [0.15, 0.2) is 23.1 Å². The minimum absolute atomic E-state index is 0.104. The van der Waals surface area contributed by atoms with Gasteiger partial charge in [-0.1, -0.05) is 0 Å². The normalized spacial score (nSPS) is 10.5. The number of nitrogens with zero attached hydrogens (tertiary/aromatic N) is 1. The van der Waals surface area contributed by atoms with E-state index in [0.29, 0.717) is 5.69 Å². The number of aromatic nitrogens is 1. The molecule has 1 aromatic rings. The summed E-state index contributed by atoms with van der Waals surface area (Å²) in [5, 5.41) is 0. The van der Waals surface area contributed by atoms with E-state index in [4.69, 9.17) is 0 Å². The fourth-order valence-corrected chi connectivity index (χ4v) is 0.731. The molecule has 3 nitrogen and oxygen atoms in total. The third-order valence-corrected chi connectivity index (χ3v) is 1.27. The molecule has 3 heteroatoms. The molecule has 1 aromatic heterocycles. The van der Waals surface area contributed by atoms with E-state index < -0.39 is 0 Å². The van der Waals surface area contributed by atoms with E-state index in [1.807, 2.05) is 25.2 Å². The minimum atomic E-state index is -0.104. The zero-order valence-electron chi connectivity index (χ0n) is 7.16. The molecule has 0 aliphatic heterocycles. The lowest BCUT2D eigenvalue weighted by Crippen LogP contribution is -2.05. The van der Waals surface area contributed by atoms with Crippen LogP contribution < -0.4 is 5.56 Å². The summed E-state index contributed by atoms with van der Waals surface area (Å²) in [5.74, 6) is 0. The summed E-state index contributed by atoms with van der Waals surface area (Å²) in [7, 11) is 3.83. The molecule has 1 radical (unpaired) electrons. The number of hydrogen-bond donors (Lipinski definition) is 1. The summed E-state index contributed by atoms with van der Waals surface area (Å²) in [4.78, 5) is 15.3. The second-order valence-electron chi connectivity index (χ2n) is 2.66. The Kier molecular flexibility index (Phi) is 2.69. The highest BCUT2D eigenvalue weighted by Crippen LogP contribution is 1.92. The largest absolute Gasteiger partial charge is 0.383 e. The van der Waals surface area contributed by atoms with Crippen molar-refractivity contribution in [2.24, 2.45) is 0 Å². The van der Waals surface area contributed by atoms with Gasteiger partial charge < -0.3 is 9.88 Å². The Morgan fingerprint density at radius 1 is 1.58 bits per heavy atom. The maximum absolute atomic E-state index is 10.8. The van der Waals surface area contributed by atoms with Crippen molar-refractivity contribution in [2.45, 2.75) is 0 Å². The van der Waals surface area contributed by atoms with E-state index >= 15 is 0 Å². The van der Waals surface area contributed by atoms with Crippen LogP contribution in [0.1, 0.15) is 5.69 Å². The second kappa shape index (κ2) is 3.76. The highest BCUT2D eigenvalue weighted by Gasteiger charge is 1.86. The van der Waals surface area contributed by atoms with Gasteiger partial charge in [0.25, 0.3) is 0 Å². The van der Waals surface area contributed by atoms with Gasteiger partial charge in [-0.05, 0) is 12.1 Å². The number of aromatic amines is 1. The molecule has 0 amide bonds. The number of hydrogen-bond acceptors (Lipinski definition) is 2. The van der Waals surface area contributed by atoms with Crippen molar-refractivity contribution in [2.75, 3.05) is 14.1 Å². The molecule has 0 unspecified atom stereocenters. The Labute approximate surface area is 71.3 Å². The first-order chi connectivity index (χ1) is 5.68. The Hall–Kier alpha value is -1.51. The van der Waals surface area contributed by atoms with Crippen LogP contribution >= 0.6 is 0 Å². The molecule has 12 heavy (non-hydrogen) atoms. The number of H-pyrrole nitrogens is 1. The predicted molar refractivity (Wildman–Crippen MR) is 48.6 cm³/mol. The average molecular weight is 163 g/mol. The van der Waals surface area contributed by atoms with Gasteiger partial charge in [0, 0.05) is 32.4 Å². The Bertz CT molecular complexity index is 325. The first-order valence-corrected chi connectivity index (χ1v) is 3.64. The number of nitrogens with one attached hydrogen (secondary N) is 1. The van der Waals surface area contributed by atoms with E-state index in [1.165, 1.54) is 6.07 Å². The Morgan fingerprint density at radius 3 is 2.92 bits per heavy atom. The van der Waals surface area contributed by atoms with Crippen LogP contribution in [0.25, 0.3) is 6.08 Å². The highest BCUT2D eigenvalue weighted by molar-refractivity contribution is 5.42. The van der Waals surface area contributed by atoms with E-state index in [2.05, 4.69) is 11.1 Å². The Balaban J connectivity index is 2.83. The zero-order chi connectivity index (χ0) is 8.97. The van der Waals surface area contributed by atoms with Crippen LogP contribution in [0.2, 0.25) is 0 Å². The van der Waals surface area contributed by atoms with Crippen molar-refractivity contribution in [3.63, 3.8) is 0 Å². The van der Waals surface area contributed by atoms with Crippen molar-refractivity contribution >= 4 is 6.08 Å². The standard InChI is InChI=1S/C9H11N2O/c1-11(2)7-6-8-4-3-5-9(12)10-8/h3,5-7H,1-2H3,(H,10,12). The second-order valence-corrected chi connectivity index (χ2v) is 2.66. The quantitative estimate of drug-likeness (QED) is 0.697. The smallest absolute Gasteiger partial charge is 0.248 e. The van der Waals surface area contributed by atoms with Gasteiger partial charge >= 0.3 is 0 Å². The van der Waals surface area contributed by atoms with Crippen molar-refractivity contribution in [1.82, 2.24) is 9.88 Å². The summed E-state index contributed by atoms with van der Waals surface area (Å²) >= 11 is 0. The van der Waals surface area contributed by atoms with Crippen LogP contribution in [0.5, 0.6) is 0 Å². The molecule has 0 saturated heterocycles. The first-order valence-electron chi connectivity index (χ1n) is 3.64. The molecule has 1 N–H and O–H groups in total. The fourth-order valence-electron chi connectivity index (χ4n) is 0.731. The maximum Gasteiger partial charge on any atom is 0.248 e. The van der Waals surface area contributed by atoms with Gasteiger partial charge in [-0.2, -0.15) is 0 Å². The highest BCUT2D eigenvalue weighted by atomic mass is 16.1. The molecule has 1 rings (SSSR count). The molecule has 0 aliphatic rings. The van der Waals surface area contributed by atoms with E-state index in [1.54, 1.807) is 12.1 Å². The molecular weight excluding hydrogens is 152 g/mol. The van der Waals surface area contributed by atoms with Crippen LogP contribution in [0.3, 0.4) is 0 Å². The monoisotopic (exact) mass is 163 g/mol. The molecule has 0 aliphatic carbocycles. The third-order valence-electron chi connectivity index (χ3n) is 1.27. The van der Waals surface area contributed by atoms with E-state index in [-0.39, 0.29) is 5.56 Å². The molecule has 0 spiro atoms. The van der Waals surface area contributed by atoms with Gasteiger partial charge in [-0.15, -0.1) is 0 Å². The molecule has 0 fully saturated rings. The molecular formula is C9H11N2O. The molecule has 0 bridgehead atoms. The van der Waals surface area contributed by atoms with Crippen LogP contribution in [-0.4, -0.2) is 24.0 Å². The SMILES string of the molecule is CN(C)C=Cc1[c]ccc(=O)[nH]1.